The minimum atomic E-state index is 1.29. The molecule has 0 unspecified atom stereocenters. The molecule has 1 rings (SSSR count). The maximum atomic E-state index is 2.72. The quantitative estimate of drug-likeness (QED) is 0.0571. The zero-order chi connectivity index (χ0) is 54.4. The fourth-order valence-electron chi connectivity index (χ4n) is 12.9. The smallest absolute Gasteiger partial charge is 0.0273 e. The zero-order valence-electron chi connectivity index (χ0n) is 53.8. The highest BCUT2D eigenvalue weighted by molar-refractivity contribution is 5.40. The first-order valence-corrected chi connectivity index (χ1v) is 36.9. The maximum Gasteiger partial charge on any atom is -0.0273 e. The molecule has 0 aliphatic heterocycles. The van der Waals surface area contributed by atoms with Crippen LogP contribution in [0.5, 0.6) is 0 Å². The van der Waals surface area contributed by atoms with Crippen LogP contribution in [0, 0.1) is 0 Å². The molecule has 0 heterocycles. The van der Waals surface area contributed by atoms with Gasteiger partial charge in [-0.15, -0.1) is 0 Å². The Hall–Kier alpha value is -0.780. The molecule has 0 fully saturated rings. The van der Waals surface area contributed by atoms with E-state index < -0.39 is 0 Å². The average Bonchev–Trinajstić information content (AvgIpc) is 3.43. The Kier molecular flexibility index (Phi) is 61.1. The summed E-state index contributed by atoms with van der Waals surface area (Å²) in [4.78, 5) is 0. The predicted octanol–water partition coefficient (Wildman–Crippen LogP) is 28.1. The van der Waals surface area contributed by atoms with Gasteiger partial charge in [-0.05, 0) is 73.6 Å². The number of aryl methyl sites for hydroxylation is 3. The van der Waals surface area contributed by atoms with Crippen LogP contribution in [0.1, 0.15) is 448 Å². The lowest BCUT2D eigenvalue weighted by Crippen LogP contribution is -2.05. The second kappa shape index (κ2) is 63.4. The van der Waals surface area contributed by atoms with Gasteiger partial charge in [-0.1, -0.05) is 412 Å². The number of benzene rings is 1. The van der Waals surface area contributed by atoms with Crippen molar-refractivity contribution in [2.45, 2.75) is 451 Å². The van der Waals surface area contributed by atoms with Gasteiger partial charge in [0.1, 0.15) is 0 Å². The van der Waals surface area contributed by atoms with Crippen LogP contribution in [0.2, 0.25) is 0 Å². The van der Waals surface area contributed by atoms with E-state index in [0.29, 0.717) is 0 Å². The average molecular weight is 1060 g/mol. The van der Waals surface area contributed by atoms with Crippen molar-refractivity contribution in [2.75, 3.05) is 0 Å². The normalized spacial score (nSPS) is 11.7. The molecule has 1 aromatic rings. The van der Waals surface area contributed by atoms with Crippen molar-refractivity contribution in [3.05, 3.63) is 34.4 Å². The van der Waals surface area contributed by atoms with Crippen molar-refractivity contribution in [3.8, 4) is 0 Å². The molecule has 0 saturated carbocycles. The van der Waals surface area contributed by atoms with Crippen molar-refractivity contribution in [1.82, 2.24) is 0 Å². The van der Waals surface area contributed by atoms with E-state index in [1.54, 1.807) is 16.7 Å². The molecule has 0 bridgehead atoms. The second-order valence-corrected chi connectivity index (χ2v) is 25.9. The molecule has 0 aliphatic carbocycles. The van der Waals surface area contributed by atoms with E-state index in [1.807, 2.05) is 5.56 Å². The summed E-state index contributed by atoms with van der Waals surface area (Å²) in [6.07, 6.45) is 95.8. The third-order valence-corrected chi connectivity index (χ3v) is 18.2. The fraction of sp³-hybridized carbons (Fsp3) is 0.921. The molecule has 76 heavy (non-hydrogen) atoms. The van der Waals surface area contributed by atoms with Crippen LogP contribution in [0.15, 0.2) is 12.1 Å². The lowest BCUT2D eigenvalue weighted by Gasteiger charge is -2.18. The molecular formula is C76H146. The van der Waals surface area contributed by atoms with E-state index in [2.05, 4.69) is 39.8 Å². The highest BCUT2D eigenvalue weighted by atomic mass is 14.2. The van der Waals surface area contributed by atoms with Crippen LogP contribution in [0.25, 0.3) is 0 Å². The molecule has 0 aliphatic rings. The van der Waals surface area contributed by atoms with Crippen molar-refractivity contribution >= 4 is 0 Å². The third kappa shape index (κ3) is 52.6. The second-order valence-electron chi connectivity index (χ2n) is 25.9. The van der Waals surface area contributed by atoms with E-state index in [-0.39, 0.29) is 0 Å². The summed E-state index contributed by atoms with van der Waals surface area (Å²) in [7, 11) is 0. The SMILES string of the molecule is CCCCCCCCCCCCCCCCCCCCCCc1cc(CCCC)cc(CCCCCCCCCCCCCCCCCCCCCC)c1CCCCCCCCCCCCCCCCCCCCCC. The van der Waals surface area contributed by atoms with Gasteiger partial charge in [-0.3, -0.25) is 0 Å². The molecule has 0 radical (unpaired) electrons. The Balaban J connectivity index is 2.45. The van der Waals surface area contributed by atoms with Gasteiger partial charge in [0.25, 0.3) is 0 Å². The molecule has 1 aromatic carbocycles. The lowest BCUT2D eigenvalue weighted by molar-refractivity contribution is 0.520. The van der Waals surface area contributed by atoms with Crippen LogP contribution in [0.3, 0.4) is 0 Å². The van der Waals surface area contributed by atoms with Gasteiger partial charge in [-0.25, -0.2) is 0 Å². The topological polar surface area (TPSA) is 0 Å². The summed E-state index contributed by atoms with van der Waals surface area (Å²) >= 11 is 0. The van der Waals surface area contributed by atoms with Crippen molar-refractivity contribution < 1.29 is 0 Å². The van der Waals surface area contributed by atoms with Crippen LogP contribution in [-0.2, 0) is 25.7 Å². The Morgan fingerprint density at radius 1 is 0.158 bits per heavy atom. The Labute approximate surface area is 483 Å². The summed E-state index contributed by atoms with van der Waals surface area (Å²) < 4.78 is 0. The molecule has 0 heteroatoms. The molecule has 0 N–H and O–H groups in total. The molecule has 450 valence electrons. The molecule has 0 spiro atoms. The molecular weight excluding hydrogens is 913 g/mol. The van der Waals surface area contributed by atoms with E-state index in [4.69, 9.17) is 0 Å². The van der Waals surface area contributed by atoms with E-state index in [9.17, 15) is 0 Å². The largest absolute Gasteiger partial charge is 0.0654 e. The molecule has 0 saturated heterocycles. The van der Waals surface area contributed by atoms with E-state index >= 15 is 0 Å². The Morgan fingerprint density at radius 3 is 0.500 bits per heavy atom. The summed E-state index contributed by atoms with van der Waals surface area (Å²) in [5, 5.41) is 0. The summed E-state index contributed by atoms with van der Waals surface area (Å²) in [5.41, 5.74) is 7.03. The number of rotatable bonds is 66. The van der Waals surface area contributed by atoms with Gasteiger partial charge in [0.2, 0.25) is 0 Å². The van der Waals surface area contributed by atoms with Gasteiger partial charge in [-0.2, -0.15) is 0 Å². The number of hydrogen-bond acceptors (Lipinski definition) is 0. The van der Waals surface area contributed by atoms with Crippen molar-refractivity contribution in [2.24, 2.45) is 0 Å². The number of hydrogen-bond donors (Lipinski definition) is 0. The molecule has 0 aromatic heterocycles. The highest BCUT2D eigenvalue weighted by Gasteiger charge is 2.12. The summed E-state index contributed by atoms with van der Waals surface area (Å²) in [5.74, 6) is 0. The maximum absolute atomic E-state index is 2.72. The van der Waals surface area contributed by atoms with Crippen LogP contribution >= 0.6 is 0 Å². The van der Waals surface area contributed by atoms with Crippen LogP contribution in [0.4, 0.5) is 0 Å². The third-order valence-electron chi connectivity index (χ3n) is 18.2. The van der Waals surface area contributed by atoms with E-state index in [1.165, 1.54) is 424 Å². The predicted molar refractivity (Wildman–Crippen MR) is 350 cm³/mol. The summed E-state index contributed by atoms with van der Waals surface area (Å²) in [6.45, 7) is 9.35. The van der Waals surface area contributed by atoms with Crippen molar-refractivity contribution in [3.63, 3.8) is 0 Å². The van der Waals surface area contributed by atoms with Gasteiger partial charge in [0, 0.05) is 0 Å². The van der Waals surface area contributed by atoms with Crippen LogP contribution in [-0.4, -0.2) is 0 Å². The molecule has 0 atom stereocenters. The van der Waals surface area contributed by atoms with E-state index in [0.717, 1.165) is 0 Å². The zero-order valence-corrected chi connectivity index (χ0v) is 53.8. The first kappa shape index (κ1) is 73.2. The van der Waals surface area contributed by atoms with Crippen molar-refractivity contribution in [1.29, 1.82) is 0 Å². The first-order chi connectivity index (χ1) is 37.8. The molecule has 0 nitrogen and oxygen atoms in total. The lowest BCUT2D eigenvalue weighted by atomic mass is 9.87. The minimum absolute atomic E-state index is 1.29. The number of unbranched alkanes of at least 4 members (excludes halogenated alkanes) is 58. The monoisotopic (exact) mass is 1060 g/mol. The highest BCUT2D eigenvalue weighted by Crippen LogP contribution is 2.27. The van der Waals surface area contributed by atoms with Gasteiger partial charge < -0.3 is 0 Å². The first-order valence-electron chi connectivity index (χ1n) is 36.9. The fourth-order valence-corrected chi connectivity index (χ4v) is 12.9. The Morgan fingerprint density at radius 2 is 0.316 bits per heavy atom. The Bertz CT molecular complexity index is 1140. The van der Waals surface area contributed by atoms with Crippen LogP contribution < -0.4 is 0 Å². The van der Waals surface area contributed by atoms with Gasteiger partial charge in [0.15, 0.2) is 0 Å². The molecule has 0 amide bonds. The summed E-state index contributed by atoms with van der Waals surface area (Å²) in [6, 6.07) is 5.44. The van der Waals surface area contributed by atoms with Gasteiger partial charge >= 0.3 is 0 Å². The van der Waals surface area contributed by atoms with Gasteiger partial charge in [0.05, 0.1) is 0 Å². The minimum Gasteiger partial charge on any atom is -0.0654 e. The standard InChI is InChI=1S/C76H146/c1-5-9-13-16-19-22-25-28-31-34-37-40-43-46-49-52-55-58-61-64-68-74-71-73(67-12-8-4)72-75(69-65-62-59-56-53-50-47-44-41-38-35-32-29-26-23-20-17-14-10-6-2)76(74)70-66-63-60-57-54-51-48-45-42-39-36-33-30-27-24-21-18-15-11-7-3/h71-72H,5-70H2,1-4H3.